The fraction of sp³-hybridized carbons (Fsp3) is 0.0769. The van der Waals surface area contributed by atoms with E-state index < -0.39 is 0 Å². The van der Waals surface area contributed by atoms with Crippen LogP contribution in [0.15, 0.2) is 47.1 Å². The number of ether oxygens (including phenoxy) is 1. The van der Waals surface area contributed by atoms with Crippen molar-refractivity contribution in [2.24, 2.45) is 0 Å². The Labute approximate surface area is 108 Å². The first-order valence-electron chi connectivity index (χ1n) is 5.02. The molecule has 0 amide bonds. The van der Waals surface area contributed by atoms with E-state index in [-0.39, 0.29) is 0 Å². The third kappa shape index (κ3) is 3.05. The fourth-order valence-corrected chi connectivity index (χ4v) is 1.74. The molecule has 3 nitrogen and oxygen atoms in total. The second-order valence-corrected chi connectivity index (χ2v) is 4.24. The average Bonchev–Trinajstić information content (AvgIpc) is 2.38. The molecular weight excluding hydrogens is 280 g/mol. The van der Waals surface area contributed by atoms with Crippen LogP contribution in [0, 0.1) is 11.3 Å². The van der Waals surface area contributed by atoms with Crippen LogP contribution in [0.25, 0.3) is 0 Å². The van der Waals surface area contributed by atoms with Gasteiger partial charge in [0.25, 0.3) is 0 Å². The minimum Gasteiger partial charge on any atom is -0.487 e. The summed E-state index contributed by atoms with van der Waals surface area (Å²) in [6.45, 7) is 0.487. The van der Waals surface area contributed by atoms with Gasteiger partial charge in [0, 0.05) is 0 Å². The molecule has 4 heteroatoms. The van der Waals surface area contributed by atoms with E-state index in [0.717, 1.165) is 5.56 Å². The normalized spacial score (nSPS) is 9.65. The molecule has 1 aromatic heterocycles. The molecule has 0 spiro atoms. The number of halogens is 1. The first-order chi connectivity index (χ1) is 8.29. The van der Waals surface area contributed by atoms with Gasteiger partial charge in [-0.2, -0.15) is 5.26 Å². The Bertz CT molecular complexity index is 549. The number of nitriles is 1. The predicted octanol–water partition coefficient (Wildman–Crippen LogP) is 3.29. The first-order valence-corrected chi connectivity index (χ1v) is 5.81. The second kappa shape index (κ2) is 5.46. The Balaban J connectivity index is 2.06. The SMILES string of the molecule is N#Cc1ncc(OCc2ccccc2)cc1Br. The van der Waals surface area contributed by atoms with Gasteiger partial charge in [-0.05, 0) is 27.6 Å². The molecule has 0 saturated heterocycles. The lowest BCUT2D eigenvalue weighted by atomic mass is 10.2. The molecule has 0 radical (unpaired) electrons. The molecule has 1 heterocycles. The highest BCUT2D eigenvalue weighted by Crippen LogP contribution is 2.20. The van der Waals surface area contributed by atoms with Crippen LogP contribution in [0.4, 0.5) is 0 Å². The molecule has 0 bridgehead atoms. The summed E-state index contributed by atoms with van der Waals surface area (Å²) in [7, 11) is 0. The van der Waals surface area contributed by atoms with E-state index in [2.05, 4.69) is 20.9 Å². The van der Waals surface area contributed by atoms with Crippen LogP contribution in [0.2, 0.25) is 0 Å². The van der Waals surface area contributed by atoms with Gasteiger partial charge in [-0.1, -0.05) is 30.3 Å². The summed E-state index contributed by atoms with van der Waals surface area (Å²) >= 11 is 3.27. The zero-order valence-corrected chi connectivity index (χ0v) is 10.5. The topological polar surface area (TPSA) is 45.9 Å². The molecule has 0 aliphatic heterocycles. The Morgan fingerprint density at radius 1 is 1.29 bits per heavy atom. The van der Waals surface area contributed by atoms with Crippen molar-refractivity contribution in [3.05, 3.63) is 58.3 Å². The molecule has 0 fully saturated rings. The third-order valence-electron chi connectivity index (χ3n) is 2.17. The lowest BCUT2D eigenvalue weighted by molar-refractivity contribution is 0.304. The first kappa shape index (κ1) is 11.6. The van der Waals surface area contributed by atoms with Crippen LogP contribution in [0.5, 0.6) is 5.75 Å². The van der Waals surface area contributed by atoms with Gasteiger partial charge in [0.05, 0.1) is 10.7 Å². The van der Waals surface area contributed by atoms with Crippen molar-refractivity contribution < 1.29 is 4.74 Å². The highest BCUT2D eigenvalue weighted by molar-refractivity contribution is 9.10. The highest BCUT2D eigenvalue weighted by atomic mass is 79.9. The lowest BCUT2D eigenvalue weighted by Gasteiger charge is -2.06. The van der Waals surface area contributed by atoms with Crippen molar-refractivity contribution >= 4 is 15.9 Å². The van der Waals surface area contributed by atoms with Gasteiger partial charge in [-0.25, -0.2) is 4.98 Å². The minimum atomic E-state index is 0.358. The van der Waals surface area contributed by atoms with Gasteiger partial charge in [0.2, 0.25) is 0 Å². The van der Waals surface area contributed by atoms with Crippen LogP contribution in [0.3, 0.4) is 0 Å². The largest absolute Gasteiger partial charge is 0.487 e. The van der Waals surface area contributed by atoms with Gasteiger partial charge in [0.15, 0.2) is 5.69 Å². The molecule has 17 heavy (non-hydrogen) atoms. The van der Waals surface area contributed by atoms with Crippen molar-refractivity contribution in [3.63, 3.8) is 0 Å². The maximum Gasteiger partial charge on any atom is 0.154 e. The molecule has 2 rings (SSSR count). The van der Waals surface area contributed by atoms with E-state index in [1.165, 1.54) is 0 Å². The van der Waals surface area contributed by atoms with Crippen LogP contribution >= 0.6 is 15.9 Å². The van der Waals surface area contributed by atoms with Crippen LogP contribution in [0.1, 0.15) is 11.3 Å². The summed E-state index contributed by atoms with van der Waals surface area (Å²) in [5, 5.41) is 8.73. The third-order valence-corrected chi connectivity index (χ3v) is 2.77. The summed E-state index contributed by atoms with van der Waals surface area (Å²) in [6.07, 6.45) is 1.55. The van der Waals surface area contributed by atoms with Crippen LogP contribution in [-0.2, 0) is 6.61 Å². The quantitative estimate of drug-likeness (QED) is 0.871. The van der Waals surface area contributed by atoms with Crippen molar-refractivity contribution in [2.75, 3.05) is 0 Å². The summed E-state index contributed by atoms with van der Waals surface area (Å²) < 4.78 is 6.21. The Morgan fingerprint density at radius 3 is 2.71 bits per heavy atom. The Hall–Kier alpha value is -1.86. The van der Waals surface area contributed by atoms with Gasteiger partial charge < -0.3 is 4.74 Å². The molecule has 2 aromatic rings. The molecule has 0 aliphatic carbocycles. The monoisotopic (exact) mass is 288 g/mol. The molecular formula is C13H9BrN2O. The van der Waals surface area contributed by atoms with Crippen molar-refractivity contribution in [2.45, 2.75) is 6.61 Å². The maximum absolute atomic E-state index is 8.73. The van der Waals surface area contributed by atoms with Crippen molar-refractivity contribution in [1.82, 2.24) is 4.98 Å². The molecule has 0 atom stereocenters. The zero-order chi connectivity index (χ0) is 12.1. The Morgan fingerprint density at radius 2 is 2.06 bits per heavy atom. The number of rotatable bonds is 3. The second-order valence-electron chi connectivity index (χ2n) is 3.39. The number of hydrogen-bond donors (Lipinski definition) is 0. The van der Waals surface area contributed by atoms with Crippen LogP contribution < -0.4 is 4.74 Å². The highest BCUT2D eigenvalue weighted by Gasteiger charge is 2.03. The molecule has 0 saturated carbocycles. The maximum atomic E-state index is 8.73. The fourth-order valence-electron chi connectivity index (χ4n) is 1.32. The van der Waals surface area contributed by atoms with Gasteiger partial charge in [-0.15, -0.1) is 0 Å². The number of aromatic nitrogens is 1. The van der Waals surface area contributed by atoms with Gasteiger partial charge in [-0.3, -0.25) is 0 Å². The number of benzene rings is 1. The molecule has 0 N–H and O–H groups in total. The zero-order valence-electron chi connectivity index (χ0n) is 8.93. The molecule has 0 aliphatic rings. The van der Waals surface area contributed by atoms with Gasteiger partial charge in [0.1, 0.15) is 18.4 Å². The summed E-state index contributed by atoms with van der Waals surface area (Å²) in [5.41, 5.74) is 1.45. The minimum absolute atomic E-state index is 0.358. The van der Waals surface area contributed by atoms with E-state index in [9.17, 15) is 0 Å². The molecule has 0 unspecified atom stereocenters. The smallest absolute Gasteiger partial charge is 0.154 e. The summed E-state index contributed by atoms with van der Waals surface area (Å²) in [6, 6.07) is 13.6. The Kier molecular flexibility index (Phi) is 3.73. The van der Waals surface area contributed by atoms with Gasteiger partial charge >= 0.3 is 0 Å². The van der Waals surface area contributed by atoms with Crippen molar-refractivity contribution in [1.29, 1.82) is 5.26 Å². The number of pyridine rings is 1. The van der Waals surface area contributed by atoms with E-state index >= 15 is 0 Å². The molecule has 1 aromatic carbocycles. The number of nitrogens with zero attached hydrogens (tertiary/aromatic N) is 2. The van der Waals surface area contributed by atoms with Crippen molar-refractivity contribution in [3.8, 4) is 11.8 Å². The lowest BCUT2D eigenvalue weighted by Crippen LogP contribution is -1.96. The predicted molar refractivity (Wildman–Crippen MR) is 67.4 cm³/mol. The summed E-state index contributed by atoms with van der Waals surface area (Å²) in [4.78, 5) is 3.98. The van der Waals surface area contributed by atoms with E-state index in [4.69, 9.17) is 10.00 Å². The van der Waals surface area contributed by atoms with E-state index in [1.54, 1.807) is 12.3 Å². The van der Waals surface area contributed by atoms with E-state index in [0.29, 0.717) is 22.5 Å². The molecule has 84 valence electrons. The average molecular weight is 289 g/mol. The summed E-state index contributed by atoms with van der Waals surface area (Å²) in [5.74, 6) is 0.639. The number of hydrogen-bond acceptors (Lipinski definition) is 3. The van der Waals surface area contributed by atoms with E-state index in [1.807, 2.05) is 36.4 Å². The van der Waals surface area contributed by atoms with Crippen LogP contribution in [-0.4, -0.2) is 4.98 Å². The standard InChI is InChI=1S/C13H9BrN2O/c14-12-6-11(8-16-13(12)7-15)17-9-10-4-2-1-3-5-10/h1-6,8H,9H2.